The maximum Gasteiger partial charge on any atom is 0.276 e. The Balaban J connectivity index is 1.61. The zero-order valence-electron chi connectivity index (χ0n) is 13.7. The molecule has 0 saturated heterocycles. The van der Waals surface area contributed by atoms with E-state index in [-0.39, 0.29) is 24.0 Å². The molecule has 0 aliphatic carbocycles. The van der Waals surface area contributed by atoms with Gasteiger partial charge in [0.25, 0.3) is 5.91 Å². The van der Waals surface area contributed by atoms with Crippen LogP contribution < -0.4 is 10.6 Å². The van der Waals surface area contributed by atoms with Gasteiger partial charge in [-0.1, -0.05) is 30.3 Å². The molecule has 2 aromatic carbocycles. The SMILES string of the molecule is Cc1cccc(NC(=O)c2ccc(NCc3ccccc3F)nn2)c1. The molecule has 0 radical (unpaired) electrons. The molecule has 0 aliphatic heterocycles. The number of anilines is 2. The van der Waals surface area contributed by atoms with Crippen molar-refractivity contribution < 1.29 is 9.18 Å². The van der Waals surface area contributed by atoms with Gasteiger partial charge >= 0.3 is 0 Å². The molecule has 126 valence electrons. The van der Waals surface area contributed by atoms with Crippen molar-refractivity contribution in [2.75, 3.05) is 10.6 Å². The van der Waals surface area contributed by atoms with Gasteiger partial charge in [-0.2, -0.15) is 0 Å². The monoisotopic (exact) mass is 336 g/mol. The zero-order chi connectivity index (χ0) is 17.6. The third-order valence-electron chi connectivity index (χ3n) is 3.59. The lowest BCUT2D eigenvalue weighted by Crippen LogP contribution is -2.15. The van der Waals surface area contributed by atoms with Crippen molar-refractivity contribution in [3.63, 3.8) is 0 Å². The minimum atomic E-state index is -0.334. The number of amides is 1. The van der Waals surface area contributed by atoms with Gasteiger partial charge in [-0.05, 0) is 42.8 Å². The Hall–Kier alpha value is -3.28. The predicted octanol–water partition coefficient (Wildman–Crippen LogP) is 3.79. The molecule has 25 heavy (non-hydrogen) atoms. The molecular weight excluding hydrogens is 319 g/mol. The highest BCUT2D eigenvalue weighted by molar-refractivity contribution is 6.02. The number of carbonyl (C=O) groups excluding carboxylic acids is 1. The quantitative estimate of drug-likeness (QED) is 0.744. The highest BCUT2D eigenvalue weighted by Gasteiger charge is 2.09. The summed E-state index contributed by atoms with van der Waals surface area (Å²) in [5, 5.41) is 13.6. The van der Waals surface area contributed by atoms with Crippen LogP contribution in [0.4, 0.5) is 15.9 Å². The summed E-state index contributed by atoms with van der Waals surface area (Å²) in [6, 6.07) is 17.2. The van der Waals surface area contributed by atoms with Crippen LogP contribution in [0.5, 0.6) is 0 Å². The van der Waals surface area contributed by atoms with E-state index in [1.165, 1.54) is 6.07 Å². The molecule has 0 spiro atoms. The molecule has 1 amide bonds. The second kappa shape index (κ2) is 7.53. The van der Waals surface area contributed by atoms with Gasteiger partial charge in [0, 0.05) is 17.8 Å². The van der Waals surface area contributed by atoms with E-state index in [4.69, 9.17) is 0 Å². The number of nitrogens with one attached hydrogen (secondary N) is 2. The molecule has 1 heterocycles. The van der Waals surface area contributed by atoms with Crippen LogP contribution in [-0.2, 0) is 6.54 Å². The van der Waals surface area contributed by atoms with Crippen LogP contribution in [0, 0.1) is 12.7 Å². The molecule has 0 atom stereocenters. The maximum atomic E-state index is 13.6. The predicted molar refractivity (Wildman–Crippen MR) is 94.9 cm³/mol. The first-order valence-corrected chi connectivity index (χ1v) is 7.81. The summed E-state index contributed by atoms with van der Waals surface area (Å²) in [5.74, 6) is -0.147. The van der Waals surface area contributed by atoms with Crippen LogP contribution in [-0.4, -0.2) is 16.1 Å². The smallest absolute Gasteiger partial charge is 0.276 e. The number of aryl methyl sites for hydroxylation is 1. The second-order valence-electron chi connectivity index (χ2n) is 5.57. The maximum absolute atomic E-state index is 13.6. The number of rotatable bonds is 5. The zero-order valence-corrected chi connectivity index (χ0v) is 13.7. The molecule has 2 N–H and O–H groups in total. The molecule has 0 bridgehead atoms. The number of nitrogens with zero attached hydrogens (tertiary/aromatic N) is 2. The normalized spacial score (nSPS) is 10.3. The van der Waals surface area contributed by atoms with Crippen molar-refractivity contribution in [2.45, 2.75) is 13.5 Å². The Morgan fingerprint density at radius 2 is 1.88 bits per heavy atom. The van der Waals surface area contributed by atoms with Crippen LogP contribution in [0.15, 0.2) is 60.7 Å². The van der Waals surface area contributed by atoms with Gasteiger partial charge in [0.05, 0.1) is 0 Å². The van der Waals surface area contributed by atoms with Crippen molar-refractivity contribution in [3.05, 3.63) is 83.3 Å². The molecule has 1 aromatic heterocycles. The molecule has 0 fully saturated rings. The van der Waals surface area contributed by atoms with E-state index in [0.29, 0.717) is 17.1 Å². The van der Waals surface area contributed by atoms with Crippen molar-refractivity contribution in [2.24, 2.45) is 0 Å². The molecule has 0 unspecified atom stereocenters. The number of hydrogen-bond donors (Lipinski definition) is 2. The summed E-state index contributed by atoms with van der Waals surface area (Å²) in [4.78, 5) is 12.2. The third-order valence-corrected chi connectivity index (χ3v) is 3.59. The van der Waals surface area contributed by atoms with E-state index >= 15 is 0 Å². The van der Waals surface area contributed by atoms with E-state index in [9.17, 15) is 9.18 Å². The van der Waals surface area contributed by atoms with Crippen molar-refractivity contribution in [1.82, 2.24) is 10.2 Å². The summed E-state index contributed by atoms with van der Waals surface area (Å²) in [7, 11) is 0. The standard InChI is InChI=1S/C19H17FN4O/c1-13-5-4-7-15(11-13)22-19(25)17-9-10-18(24-23-17)21-12-14-6-2-3-8-16(14)20/h2-11H,12H2,1H3,(H,21,24)(H,22,25). The lowest BCUT2D eigenvalue weighted by molar-refractivity contribution is 0.102. The first-order valence-electron chi connectivity index (χ1n) is 7.81. The van der Waals surface area contributed by atoms with Gasteiger partial charge in [-0.25, -0.2) is 4.39 Å². The number of hydrogen-bond acceptors (Lipinski definition) is 4. The fourth-order valence-electron chi connectivity index (χ4n) is 2.29. The molecule has 0 saturated carbocycles. The third kappa shape index (κ3) is 4.38. The van der Waals surface area contributed by atoms with Gasteiger partial charge in [0.2, 0.25) is 0 Å². The van der Waals surface area contributed by atoms with E-state index in [1.807, 2.05) is 31.2 Å². The summed E-state index contributed by atoms with van der Waals surface area (Å²) in [5.41, 5.74) is 2.49. The lowest BCUT2D eigenvalue weighted by Gasteiger charge is -2.07. The fraction of sp³-hybridized carbons (Fsp3) is 0.105. The van der Waals surface area contributed by atoms with Crippen molar-refractivity contribution in [3.8, 4) is 0 Å². The number of aromatic nitrogens is 2. The van der Waals surface area contributed by atoms with Gasteiger partial charge in [0.15, 0.2) is 5.69 Å². The van der Waals surface area contributed by atoms with Gasteiger partial charge in [0.1, 0.15) is 11.6 Å². The number of halogens is 1. The average molecular weight is 336 g/mol. The summed E-state index contributed by atoms with van der Waals surface area (Å²) in [6.45, 7) is 2.24. The summed E-state index contributed by atoms with van der Waals surface area (Å²) >= 11 is 0. The fourth-order valence-corrected chi connectivity index (χ4v) is 2.29. The summed E-state index contributed by atoms with van der Waals surface area (Å²) < 4.78 is 13.6. The van der Waals surface area contributed by atoms with Gasteiger partial charge < -0.3 is 10.6 Å². The van der Waals surface area contributed by atoms with Crippen molar-refractivity contribution in [1.29, 1.82) is 0 Å². The Bertz CT molecular complexity index is 881. The number of carbonyl (C=O) groups is 1. The van der Waals surface area contributed by atoms with Crippen LogP contribution in [0.3, 0.4) is 0 Å². The molecular formula is C19H17FN4O. The largest absolute Gasteiger partial charge is 0.364 e. The Kier molecular flexibility index (Phi) is 4.99. The van der Waals surface area contributed by atoms with Crippen molar-refractivity contribution >= 4 is 17.4 Å². The highest BCUT2D eigenvalue weighted by atomic mass is 19.1. The van der Waals surface area contributed by atoms with E-state index in [0.717, 1.165) is 5.56 Å². The lowest BCUT2D eigenvalue weighted by atomic mass is 10.2. The Morgan fingerprint density at radius 3 is 2.60 bits per heavy atom. The van der Waals surface area contributed by atoms with E-state index < -0.39 is 0 Å². The minimum Gasteiger partial charge on any atom is -0.364 e. The minimum absolute atomic E-state index is 0.206. The van der Waals surface area contributed by atoms with Gasteiger partial charge in [-0.3, -0.25) is 4.79 Å². The van der Waals surface area contributed by atoms with Gasteiger partial charge in [-0.15, -0.1) is 10.2 Å². The van der Waals surface area contributed by atoms with Crippen LogP contribution in [0.2, 0.25) is 0 Å². The van der Waals surface area contributed by atoms with Crippen LogP contribution in [0.25, 0.3) is 0 Å². The molecule has 3 aromatic rings. The number of benzene rings is 2. The topological polar surface area (TPSA) is 66.9 Å². The molecule has 0 aliphatic rings. The average Bonchev–Trinajstić information content (AvgIpc) is 2.61. The highest BCUT2D eigenvalue weighted by Crippen LogP contribution is 2.12. The second-order valence-corrected chi connectivity index (χ2v) is 5.57. The Morgan fingerprint density at radius 1 is 1.04 bits per heavy atom. The molecule has 6 heteroatoms. The van der Waals surface area contributed by atoms with Crippen LogP contribution in [0.1, 0.15) is 21.6 Å². The van der Waals surface area contributed by atoms with E-state index in [2.05, 4.69) is 20.8 Å². The van der Waals surface area contributed by atoms with E-state index in [1.54, 1.807) is 30.3 Å². The summed E-state index contributed by atoms with van der Waals surface area (Å²) in [6.07, 6.45) is 0. The first-order chi connectivity index (χ1) is 12.1. The molecule has 5 nitrogen and oxygen atoms in total. The first kappa shape index (κ1) is 16.6. The van der Waals surface area contributed by atoms with Crippen LogP contribution >= 0.6 is 0 Å². The molecule has 3 rings (SSSR count). The Labute approximate surface area is 144 Å².